The number of guanidine groups is 1. The average molecular weight is 207 g/mol. The number of unbranched alkanes of at least 4 members (excludes halogenated alkanes) is 2. The number of aliphatic hydroxyl groups excluding tert-OH is 2. The van der Waals surface area contributed by atoms with Crippen molar-refractivity contribution in [3.63, 3.8) is 0 Å². The summed E-state index contributed by atoms with van der Waals surface area (Å²) in [7, 11) is 0. The van der Waals surface area contributed by atoms with Crippen LogP contribution >= 0.6 is 0 Å². The Morgan fingerprint density at radius 2 is 1.21 bits per heavy atom. The highest BCUT2D eigenvalue weighted by Crippen LogP contribution is 1.79. The molecule has 0 aromatic heterocycles. The van der Waals surface area contributed by atoms with Gasteiger partial charge < -0.3 is 21.7 Å². The molecule has 0 aliphatic rings. The second kappa shape index (κ2) is 22.8. The van der Waals surface area contributed by atoms with E-state index in [0.717, 1.165) is 25.7 Å². The van der Waals surface area contributed by atoms with Crippen LogP contribution in [-0.2, 0) is 0 Å². The first-order valence-electron chi connectivity index (χ1n) is 4.87. The molecule has 0 atom stereocenters. The maximum absolute atomic E-state index is 8.07. The van der Waals surface area contributed by atoms with E-state index < -0.39 is 0 Å². The fourth-order valence-electron chi connectivity index (χ4n) is 0.316. The van der Waals surface area contributed by atoms with E-state index in [2.05, 4.69) is 25.3 Å². The molecule has 0 saturated carbocycles. The van der Waals surface area contributed by atoms with Crippen LogP contribution in [0.15, 0.2) is 0 Å². The Labute approximate surface area is 86.6 Å². The lowest BCUT2D eigenvalue weighted by atomic mass is 10.4. The highest BCUT2D eigenvalue weighted by Gasteiger charge is 1.69. The lowest BCUT2D eigenvalue weighted by molar-refractivity contribution is 0.286. The van der Waals surface area contributed by atoms with Crippen molar-refractivity contribution in [2.75, 3.05) is 13.2 Å². The molecule has 7 N–H and O–H groups in total. The molecule has 0 aliphatic heterocycles. The summed E-state index contributed by atoms with van der Waals surface area (Å²) < 4.78 is 0. The van der Waals surface area contributed by atoms with Crippen LogP contribution in [0.2, 0.25) is 0 Å². The maximum Gasteiger partial charge on any atom is 0.183 e. The van der Waals surface area contributed by atoms with E-state index >= 15 is 0 Å². The normalized spacial score (nSPS) is 7.71. The Balaban J connectivity index is -0.000000131. The third-order valence-electron chi connectivity index (χ3n) is 1.02. The predicted molar refractivity (Wildman–Crippen MR) is 60.1 cm³/mol. The molecule has 0 bridgehead atoms. The first-order chi connectivity index (χ1) is 6.56. The number of hydrogen-bond donors (Lipinski definition) is 5. The van der Waals surface area contributed by atoms with Crippen LogP contribution < -0.4 is 11.5 Å². The maximum atomic E-state index is 8.07. The van der Waals surface area contributed by atoms with Gasteiger partial charge in [0.25, 0.3) is 0 Å². The molecule has 5 nitrogen and oxygen atoms in total. The smallest absolute Gasteiger partial charge is 0.183 e. The molecular weight excluding hydrogens is 182 g/mol. The van der Waals surface area contributed by atoms with Gasteiger partial charge >= 0.3 is 0 Å². The molecule has 0 saturated heterocycles. The van der Waals surface area contributed by atoms with Crippen LogP contribution in [0.4, 0.5) is 0 Å². The highest BCUT2D eigenvalue weighted by molar-refractivity contribution is 5.71. The van der Waals surface area contributed by atoms with Crippen molar-refractivity contribution in [1.29, 1.82) is 5.41 Å². The summed E-state index contributed by atoms with van der Waals surface area (Å²) in [5.74, 6) is -0.333. The van der Waals surface area contributed by atoms with Gasteiger partial charge in [-0.2, -0.15) is 0 Å². The fourth-order valence-corrected chi connectivity index (χ4v) is 0.316. The summed E-state index contributed by atoms with van der Waals surface area (Å²) in [6, 6.07) is 0. The lowest BCUT2D eigenvalue weighted by Crippen LogP contribution is -2.20. The van der Waals surface area contributed by atoms with Gasteiger partial charge in [0.2, 0.25) is 0 Å². The minimum atomic E-state index is -0.333. The van der Waals surface area contributed by atoms with Crippen LogP contribution in [0.25, 0.3) is 0 Å². The monoisotopic (exact) mass is 207 g/mol. The van der Waals surface area contributed by atoms with Crippen LogP contribution in [0.3, 0.4) is 0 Å². The van der Waals surface area contributed by atoms with Crippen molar-refractivity contribution in [3.8, 4) is 0 Å². The topological polar surface area (TPSA) is 116 Å². The van der Waals surface area contributed by atoms with Gasteiger partial charge in [-0.3, -0.25) is 5.41 Å². The van der Waals surface area contributed by atoms with Gasteiger partial charge in [-0.15, -0.1) is 0 Å². The van der Waals surface area contributed by atoms with Crippen molar-refractivity contribution >= 4 is 5.96 Å². The van der Waals surface area contributed by atoms with E-state index in [1.165, 1.54) is 0 Å². The Bertz CT molecular complexity index is 86.1. The minimum Gasteiger partial charge on any atom is -0.396 e. The Hall–Kier alpha value is -0.810. The highest BCUT2D eigenvalue weighted by atomic mass is 16.3. The van der Waals surface area contributed by atoms with Crippen LogP contribution in [-0.4, -0.2) is 29.4 Å². The van der Waals surface area contributed by atoms with Gasteiger partial charge in [0.1, 0.15) is 0 Å². The molecule has 0 radical (unpaired) electrons. The minimum absolute atomic E-state index is 0.333. The Morgan fingerprint density at radius 3 is 1.21 bits per heavy atom. The Kier molecular flexibility index (Phi) is 30.7. The van der Waals surface area contributed by atoms with Gasteiger partial charge in [0.05, 0.1) is 0 Å². The van der Waals surface area contributed by atoms with Gasteiger partial charge in [-0.1, -0.05) is 26.7 Å². The number of hydrogen-bond acceptors (Lipinski definition) is 3. The number of aliphatic hydroxyl groups is 2. The lowest BCUT2D eigenvalue weighted by Gasteiger charge is -1.79. The SMILES string of the molecule is CCCCO.CCCCO.N=C(N)N. The number of nitrogens with two attached hydrogens (primary N) is 2. The summed E-state index contributed by atoms with van der Waals surface area (Å²) >= 11 is 0. The quantitative estimate of drug-likeness (QED) is 0.339. The molecular formula is C9H25N3O2. The van der Waals surface area contributed by atoms with Gasteiger partial charge in [-0.05, 0) is 12.8 Å². The van der Waals surface area contributed by atoms with Crippen molar-refractivity contribution in [2.24, 2.45) is 11.5 Å². The molecule has 0 heterocycles. The standard InChI is InChI=1S/2C4H10O.CH5N3/c2*1-2-3-4-5;2-1(3)4/h2*5H,2-4H2,1H3;(H5,2,3,4). The van der Waals surface area contributed by atoms with E-state index in [9.17, 15) is 0 Å². The molecule has 0 amide bonds. The molecule has 14 heavy (non-hydrogen) atoms. The van der Waals surface area contributed by atoms with Crippen LogP contribution in [0.1, 0.15) is 39.5 Å². The van der Waals surface area contributed by atoms with Crippen molar-refractivity contribution in [1.82, 2.24) is 0 Å². The van der Waals surface area contributed by atoms with Crippen LogP contribution in [0, 0.1) is 5.41 Å². The molecule has 0 rings (SSSR count). The zero-order chi connectivity index (χ0) is 11.8. The van der Waals surface area contributed by atoms with Gasteiger partial charge in [0, 0.05) is 13.2 Å². The summed E-state index contributed by atoms with van der Waals surface area (Å²) in [6.07, 6.45) is 4.08. The molecule has 5 heteroatoms. The molecule has 0 unspecified atom stereocenters. The predicted octanol–water partition coefficient (Wildman–Crippen LogP) is 0.396. The third kappa shape index (κ3) is 114. The van der Waals surface area contributed by atoms with Crippen molar-refractivity contribution in [2.45, 2.75) is 39.5 Å². The van der Waals surface area contributed by atoms with Crippen molar-refractivity contribution in [3.05, 3.63) is 0 Å². The van der Waals surface area contributed by atoms with E-state index in [0.29, 0.717) is 13.2 Å². The Morgan fingerprint density at radius 1 is 1.00 bits per heavy atom. The van der Waals surface area contributed by atoms with E-state index in [4.69, 9.17) is 15.6 Å². The summed E-state index contributed by atoms with van der Waals surface area (Å²) in [5.41, 5.74) is 8.94. The zero-order valence-corrected chi connectivity index (χ0v) is 9.29. The zero-order valence-electron chi connectivity index (χ0n) is 9.29. The fraction of sp³-hybridized carbons (Fsp3) is 0.889. The van der Waals surface area contributed by atoms with Gasteiger partial charge in [0.15, 0.2) is 5.96 Å². The first kappa shape index (κ1) is 18.9. The molecule has 0 aliphatic carbocycles. The van der Waals surface area contributed by atoms with Crippen molar-refractivity contribution < 1.29 is 10.2 Å². The summed E-state index contributed by atoms with van der Waals surface area (Å²) in [5, 5.41) is 22.2. The largest absolute Gasteiger partial charge is 0.396 e. The first-order valence-corrected chi connectivity index (χ1v) is 4.87. The van der Waals surface area contributed by atoms with Crippen LogP contribution in [0.5, 0.6) is 0 Å². The van der Waals surface area contributed by atoms with E-state index in [1.807, 2.05) is 0 Å². The average Bonchev–Trinajstić information content (AvgIpc) is 2.07. The molecule has 0 spiro atoms. The molecule has 0 fully saturated rings. The summed E-state index contributed by atoms with van der Waals surface area (Å²) in [4.78, 5) is 0. The third-order valence-corrected chi connectivity index (χ3v) is 1.02. The molecule has 0 aromatic rings. The summed E-state index contributed by atoms with van der Waals surface area (Å²) in [6.45, 7) is 4.79. The number of rotatable bonds is 4. The van der Waals surface area contributed by atoms with E-state index in [1.54, 1.807) is 0 Å². The van der Waals surface area contributed by atoms with Gasteiger partial charge in [-0.25, -0.2) is 0 Å². The van der Waals surface area contributed by atoms with E-state index in [-0.39, 0.29) is 5.96 Å². The molecule has 0 aromatic carbocycles. The second-order valence-electron chi connectivity index (χ2n) is 2.61. The number of nitrogens with one attached hydrogen (secondary N) is 1. The second-order valence-corrected chi connectivity index (χ2v) is 2.61. The molecule has 88 valence electrons.